The molecule has 0 amide bonds. The quantitative estimate of drug-likeness (QED) is 0.542. The number of hydrogen-bond acceptors (Lipinski definition) is 1. The van der Waals surface area contributed by atoms with Crippen LogP contribution in [0.25, 0.3) is 0 Å². The number of nitrogens with one attached hydrogen (secondary N) is 1. The summed E-state index contributed by atoms with van der Waals surface area (Å²) in [4.78, 5) is 0. The van der Waals surface area contributed by atoms with Crippen LogP contribution in [-0.2, 0) is 0 Å². The minimum absolute atomic E-state index is 0.649. The molecule has 1 nitrogen and oxygen atoms in total. The van der Waals surface area contributed by atoms with Gasteiger partial charge < -0.3 is 5.32 Å². The highest BCUT2D eigenvalue weighted by Gasteiger charge is 2.03. The molecule has 1 aromatic carbocycles. The Bertz CT molecular complexity index is 290. The zero-order valence-corrected chi connectivity index (χ0v) is 10.4. The average molecular weight is 217 g/mol. The fourth-order valence-electron chi connectivity index (χ4n) is 1.74. The molecule has 0 radical (unpaired) electrons. The Morgan fingerprint density at radius 1 is 1.19 bits per heavy atom. The fraction of sp³-hybridized carbons (Fsp3) is 0.467. The molecule has 0 saturated heterocycles. The standard InChI is InChI=1S/C15H23N/c1-3-4-8-12-16-13-11-14(2)15-9-6-5-7-10-15/h3-7,9-10,14,16H,8,11-13H2,1-2H3/b4-3+. The summed E-state index contributed by atoms with van der Waals surface area (Å²) < 4.78 is 0. The zero-order chi connectivity index (χ0) is 11.6. The van der Waals surface area contributed by atoms with E-state index in [1.165, 1.54) is 12.0 Å². The van der Waals surface area contributed by atoms with Crippen LogP contribution in [0, 0.1) is 0 Å². The predicted octanol–water partition coefficient (Wildman–Crippen LogP) is 3.74. The van der Waals surface area contributed by atoms with E-state index in [0.717, 1.165) is 19.5 Å². The second kappa shape index (κ2) is 8.12. The highest BCUT2D eigenvalue weighted by atomic mass is 14.8. The highest BCUT2D eigenvalue weighted by molar-refractivity contribution is 5.18. The maximum atomic E-state index is 3.47. The van der Waals surface area contributed by atoms with Crippen molar-refractivity contribution in [3.05, 3.63) is 48.0 Å². The van der Waals surface area contributed by atoms with Gasteiger partial charge in [0, 0.05) is 0 Å². The molecule has 0 aliphatic heterocycles. The molecule has 1 heteroatoms. The largest absolute Gasteiger partial charge is 0.316 e. The van der Waals surface area contributed by atoms with Crippen LogP contribution in [0.4, 0.5) is 0 Å². The van der Waals surface area contributed by atoms with Crippen molar-refractivity contribution >= 4 is 0 Å². The van der Waals surface area contributed by atoms with E-state index in [1.807, 2.05) is 0 Å². The van der Waals surface area contributed by atoms with Crippen molar-refractivity contribution in [2.75, 3.05) is 13.1 Å². The van der Waals surface area contributed by atoms with Crippen LogP contribution in [0.15, 0.2) is 42.5 Å². The minimum Gasteiger partial charge on any atom is -0.316 e. The van der Waals surface area contributed by atoms with E-state index < -0.39 is 0 Å². The summed E-state index contributed by atoms with van der Waals surface area (Å²) >= 11 is 0. The van der Waals surface area contributed by atoms with Crippen LogP contribution in [-0.4, -0.2) is 13.1 Å². The van der Waals surface area contributed by atoms with E-state index >= 15 is 0 Å². The van der Waals surface area contributed by atoms with Gasteiger partial charge in [-0.25, -0.2) is 0 Å². The van der Waals surface area contributed by atoms with Gasteiger partial charge in [-0.3, -0.25) is 0 Å². The molecule has 1 rings (SSSR count). The molecule has 0 aliphatic rings. The van der Waals surface area contributed by atoms with Gasteiger partial charge in [0.25, 0.3) is 0 Å². The summed E-state index contributed by atoms with van der Waals surface area (Å²) in [5.41, 5.74) is 1.44. The van der Waals surface area contributed by atoms with Crippen molar-refractivity contribution in [1.82, 2.24) is 5.32 Å². The molecule has 0 saturated carbocycles. The first kappa shape index (κ1) is 13.0. The highest BCUT2D eigenvalue weighted by Crippen LogP contribution is 2.17. The molecule has 0 aromatic heterocycles. The van der Waals surface area contributed by atoms with Gasteiger partial charge in [-0.05, 0) is 44.3 Å². The van der Waals surface area contributed by atoms with Gasteiger partial charge in [0.15, 0.2) is 0 Å². The van der Waals surface area contributed by atoms with Gasteiger partial charge in [0.05, 0.1) is 0 Å². The Morgan fingerprint density at radius 3 is 2.62 bits per heavy atom. The van der Waals surface area contributed by atoms with E-state index in [2.05, 4.69) is 61.6 Å². The lowest BCUT2D eigenvalue weighted by molar-refractivity contribution is 0.598. The lowest BCUT2D eigenvalue weighted by Crippen LogP contribution is -2.17. The van der Waals surface area contributed by atoms with Crippen molar-refractivity contribution in [1.29, 1.82) is 0 Å². The molecular formula is C15H23N. The van der Waals surface area contributed by atoms with Crippen LogP contribution in [0.1, 0.15) is 38.2 Å². The molecule has 0 fully saturated rings. The monoisotopic (exact) mass is 217 g/mol. The summed E-state index contributed by atoms with van der Waals surface area (Å²) in [5.74, 6) is 0.649. The second-order valence-electron chi connectivity index (χ2n) is 4.21. The Balaban J connectivity index is 2.13. The third-order valence-corrected chi connectivity index (χ3v) is 2.85. The number of allylic oxidation sites excluding steroid dienone is 1. The van der Waals surface area contributed by atoms with Crippen LogP contribution in [0.3, 0.4) is 0 Å². The molecule has 16 heavy (non-hydrogen) atoms. The fourth-order valence-corrected chi connectivity index (χ4v) is 1.74. The molecule has 0 aliphatic carbocycles. The van der Waals surface area contributed by atoms with Crippen molar-refractivity contribution in [2.24, 2.45) is 0 Å². The Kier molecular flexibility index (Phi) is 6.59. The van der Waals surface area contributed by atoms with Gasteiger partial charge in [-0.2, -0.15) is 0 Å². The van der Waals surface area contributed by atoms with Gasteiger partial charge in [-0.1, -0.05) is 49.4 Å². The predicted molar refractivity (Wildman–Crippen MR) is 71.8 cm³/mol. The molecular weight excluding hydrogens is 194 g/mol. The normalized spacial score (nSPS) is 13.1. The van der Waals surface area contributed by atoms with Gasteiger partial charge in [-0.15, -0.1) is 0 Å². The summed E-state index contributed by atoms with van der Waals surface area (Å²) in [7, 11) is 0. The maximum absolute atomic E-state index is 3.47. The lowest BCUT2D eigenvalue weighted by Gasteiger charge is -2.11. The van der Waals surface area contributed by atoms with Crippen molar-refractivity contribution in [3.8, 4) is 0 Å². The minimum atomic E-state index is 0.649. The third kappa shape index (κ3) is 5.13. The topological polar surface area (TPSA) is 12.0 Å². The van der Waals surface area contributed by atoms with Gasteiger partial charge in [0.2, 0.25) is 0 Å². The molecule has 88 valence electrons. The van der Waals surface area contributed by atoms with Crippen LogP contribution >= 0.6 is 0 Å². The first-order valence-electron chi connectivity index (χ1n) is 6.21. The van der Waals surface area contributed by atoms with Crippen LogP contribution in [0.2, 0.25) is 0 Å². The molecule has 0 bridgehead atoms. The zero-order valence-electron chi connectivity index (χ0n) is 10.4. The van der Waals surface area contributed by atoms with E-state index in [-0.39, 0.29) is 0 Å². The van der Waals surface area contributed by atoms with Crippen molar-refractivity contribution in [2.45, 2.75) is 32.6 Å². The summed E-state index contributed by atoms with van der Waals surface area (Å²) in [6.45, 7) is 6.56. The molecule has 1 unspecified atom stereocenters. The van der Waals surface area contributed by atoms with Gasteiger partial charge >= 0.3 is 0 Å². The molecule has 1 N–H and O–H groups in total. The molecule has 0 spiro atoms. The first-order chi connectivity index (χ1) is 7.84. The second-order valence-corrected chi connectivity index (χ2v) is 4.21. The number of hydrogen-bond donors (Lipinski definition) is 1. The van der Waals surface area contributed by atoms with Crippen LogP contribution < -0.4 is 5.32 Å². The first-order valence-corrected chi connectivity index (χ1v) is 6.21. The maximum Gasteiger partial charge on any atom is -0.00143 e. The summed E-state index contributed by atoms with van der Waals surface area (Å²) in [5, 5.41) is 3.47. The van der Waals surface area contributed by atoms with Crippen molar-refractivity contribution in [3.63, 3.8) is 0 Å². The number of benzene rings is 1. The van der Waals surface area contributed by atoms with E-state index in [0.29, 0.717) is 5.92 Å². The van der Waals surface area contributed by atoms with Crippen LogP contribution in [0.5, 0.6) is 0 Å². The van der Waals surface area contributed by atoms with E-state index in [1.54, 1.807) is 0 Å². The Labute approximate surface area is 99.6 Å². The Hall–Kier alpha value is -1.08. The third-order valence-electron chi connectivity index (χ3n) is 2.85. The Morgan fingerprint density at radius 2 is 1.94 bits per heavy atom. The SMILES string of the molecule is C/C=C/CCNCCC(C)c1ccccc1. The smallest absolute Gasteiger partial charge is 0.00143 e. The summed E-state index contributed by atoms with van der Waals surface area (Å²) in [6.07, 6.45) is 6.65. The summed E-state index contributed by atoms with van der Waals surface area (Å²) in [6, 6.07) is 10.7. The molecule has 1 atom stereocenters. The van der Waals surface area contributed by atoms with Gasteiger partial charge in [0.1, 0.15) is 0 Å². The van der Waals surface area contributed by atoms with Crippen molar-refractivity contribution < 1.29 is 0 Å². The lowest BCUT2D eigenvalue weighted by atomic mass is 9.98. The van der Waals surface area contributed by atoms with E-state index in [4.69, 9.17) is 0 Å². The molecule has 0 heterocycles. The average Bonchev–Trinajstić information content (AvgIpc) is 2.34. The van der Waals surface area contributed by atoms with E-state index in [9.17, 15) is 0 Å². The molecule has 1 aromatic rings. The number of rotatable bonds is 7.